The first-order chi connectivity index (χ1) is 25.6. The lowest BCUT2D eigenvalue weighted by Gasteiger charge is -2.18. The first-order valence-electron chi connectivity index (χ1n) is 17.2. The summed E-state index contributed by atoms with van der Waals surface area (Å²) in [5, 5.41) is 37.9. The predicted molar refractivity (Wildman–Crippen MR) is 211 cm³/mol. The van der Waals surface area contributed by atoms with Gasteiger partial charge < -0.3 is 0 Å². The van der Waals surface area contributed by atoms with Crippen LogP contribution in [0.1, 0.15) is 16.7 Å². The summed E-state index contributed by atoms with van der Waals surface area (Å²) in [5.74, 6) is 0. The monoisotopic (exact) mass is 655 g/mol. The minimum absolute atomic E-state index is 0.619. The Labute approximate surface area is 300 Å². The fraction of sp³-hybridized carbons (Fsp3) is 0. The fourth-order valence-electron chi connectivity index (χ4n) is 8.17. The van der Waals surface area contributed by atoms with Crippen LogP contribution >= 0.6 is 0 Å². The number of hydrogen-bond acceptors (Lipinski definition) is 3. The van der Waals surface area contributed by atoms with E-state index in [9.17, 15) is 15.8 Å². The molecule has 9 aromatic rings. The summed E-state index contributed by atoms with van der Waals surface area (Å²) in [4.78, 5) is 0. The number of nitriles is 3. The van der Waals surface area contributed by atoms with E-state index in [1.165, 1.54) is 33.0 Å². The Morgan fingerprint density at radius 1 is 0.288 bits per heavy atom. The van der Waals surface area contributed by atoms with E-state index in [0.717, 1.165) is 65.7 Å². The molecule has 236 valence electrons. The van der Waals surface area contributed by atoms with E-state index in [2.05, 4.69) is 109 Å². The minimum Gasteiger partial charge on any atom is -0.192 e. The second-order valence-corrected chi connectivity index (χ2v) is 13.4. The van der Waals surface area contributed by atoms with Crippen LogP contribution in [0.3, 0.4) is 0 Å². The van der Waals surface area contributed by atoms with Crippen molar-refractivity contribution in [3.8, 4) is 73.8 Å². The maximum Gasteiger partial charge on any atom is 0.0991 e. The molecule has 0 fully saturated rings. The number of hydrogen-bond donors (Lipinski definition) is 0. The molecule has 0 saturated heterocycles. The summed E-state index contributed by atoms with van der Waals surface area (Å²) >= 11 is 0. The highest BCUT2D eigenvalue weighted by Crippen LogP contribution is 2.51. The first kappa shape index (κ1) is 29.4. The zero-order valence-corrected chi connectivity index (χ0v) is 27.8. The largest absolute Gasteiger partial charge is 0.192 e. The molecule has 0 aromatic heterocycles. The summed E-state index contributed by atoms with van der Waals surface area (Å²) in [5.41, 5.74) is 13.2. The van der Waals surface area contributed by atoms with E-state index in [-0.39, 0.29) is 0 Å². The third kappa shape index (κ3) is 4.36. The minimum atomic E-state index is 0.619. The smallest absolute Gasteiger partial charge is 0.0991 e. The molecule has 0 bridgehead atoms. The zero-order valence-electron chi connectivity index (χ0n) is 27.8. The quantitative estimate of drug-likeness (QED) is 0.178. The highest BCUT2D eigenvalue weighted by Gasteiger charge is 2.24. The Morgan fingerprint density at radius 3 is 1.21 bits per heavy atom. The lowest BCUT2D eigenvalue weighted by molar-refractivity contribution is 1.48. The average Bonchev–Trinajstić information content (AvgIpc) is 3.53. The Kier molecular flexibility index (Phi) is 6.37. The molecule has 3 heteroatoms. The van der Waals surface area contributed by atoms with Gasteiger partial charge in [0, 0.05) is 0 Å². The molecular formula is C49H25N3. The molecule has 0 radical (unpaired) electrons. The van der Waals surface area contributed by atoms with Crippen LogP contribution in [0, 0.1) is 34.0 Å². The van der Waals surface area contributed by atoms with Gasteiger partial charge in [-0.25, -0.2) is 0 Å². The van der Waals surface area contributed by atoms with Gasteiger partial charge in [-0.3, -0.25) is 0 Å². The van der Waals surface area contributed by atoms with Crippen molar-refractivity contribution < 1.29 is 0 Å². The molecule has 0 aliphatic heterocycles. The highest BCUT2D eigenvalue weighted by molar-refractivity contribution is 6.27. The molecule has 0 unspecified atom stereocenters. The van der Waals surface area contributed by atoms with Crippen LogP contribution in [0.25, 0.3) is 98.7 Å². The molecule has 1 aliphatic carbocycles. The molecule has 0 spiro atoms. The van der Waals surface area contributed by atoms with Crippen LogP contribution in [-0.4, -0.2) is 0 Å². The van der Waals surface area contributed by atoms with E-state index in [4.69, 9.17) is 0 Å². The molecule has 0 amide bonds. The molecule has 0 atom stereocenters. The van der Waals surface area contributed by atoms with E-state index in [0.29, 0.717) is 16.7 Å². The second-order valence-electron chi connectivity index (χ2n) is 13.4. The maximum atomic E-state index is 9.59. The van der Waals surface area contributed by atoms with Crippen LogP contribution in [0.15, 0.2) is 152 Å². The van der Waals surface area contributed by atoms with Gasteiger partial charge >= 0.3 is 0 Å². The van der Waals surface area contributed by atoms with Gasteiger partial charge in [0.05, 0.1) is 34.9 Å². The molecule has 9 aromatic carbocycles. The van der Waals surface area contributed by atoms with Crippen molar-refractivity contribution in [1.82, 2.24) is 0 Å². The van der Waals surface area contributed by atoms with Crippen molar-refractivity contribution in [3.63, 3.8) is 0 Å². The lowest BCUT2D eigenvalue weighted by atomic mass is 9.85. The third-order valence-corrected chi connectivity index (χ3v) is 10.7. The molecule has 1 aliphatic rings. The van der Waals surface area contributed by atoms with Gasteiger partial charge in [0.1, 0.15) is 0 Å². The molecule has 3 nitrogen and oxygen atoms in total. The normalized spacial score (nSPS) is 11.4. The van der Waals surface area contributed by atoms with Crippen molar-refractivity contribution >= 4 is 43.1 Å². The van der Waals surface area contributed by atoms with Crippen LogP contribution < -0.4 is 0 Å². The summed E-state index contributed by atoms with van der Waals surface area (Å²) in [6, 6.07) is 59.4. The van der Waals surface area contributed by atoms with Crippen molar-refractivity contribution in [2.24, 2.45) is 0 Å². The number of rotatable bonds is 3. The predicted octanol–water partition coefficient (Wildman–Crippen LogP) is 12.6. The molecule has 52 heavy (non-hydrogen) atoms. The van der Waals surface area contributed by atoms with E-state index in [1.54, 1.807) is 0 Å². The van der Waals surface area contributed by atoms with Crippen molar-refractivity contribution in [3.05, 3.63) is 168 Å². The zero-order chi connectivity index (χ0) is 34.9. The highest BCUT2D eigenvalue weighted by atomic mass is 14.3. The summed E-state index contributed by atoms with van der Waals surface area (Å²) in [6.07, 6.45) is 0. The Morgan fingerprint density at radius 2 is 0.692 bits per heavy atom. The number of fused-ring (bicyclic) bond motifs is 8. The third-order valence-electron chi connectivity index (χ3n) is 10.7. The molecule has 0 heterocycles. The van der Waals surface area contributed by atoms with Crippen LogP contribution in [-0.2, 0) is 0 Å². The van der Waals surface area contributed by atoms with Crippen molar-refractivity contribution in [2.75, 3.05) is 0 Å². The van der Waals surface area contributed by atoms with E-state index < -0.39 is 0 Å². The molecule has 0 N–H and O–H groups in total. The standard InChI is InChI=1S/C49H25N3/c50-26-29-7-13-32(14-8-29)36-19-20-37-42(21-36)40(33-15-9-30(27-51)10-16-33)23-47-43(37)22-41(34-17-11-31(28-52)12-18-34)46-24-44-38-5-1-3-35-4-2-6-39(49(35)38)45(44)25-48(46)47/h1-25H. The Balaban J connectivity index is 1.34. The average molecular weight is 656 g/mol. The van der Waals surface area contributed by atoms with Crippen molar-refractivity contribution in [1.29, 1.82) is 15.8 Å². The topological polar surface area (TPSA) is 71.4 Å². The summed E-state index contributed by atoms with van der Waals surface area (Å²) in [7, 11) is 0. The Bertz CT molecular complexity index is 3110. The number of nitrogens with zero attached hydrogens (tertiary/aromatic N) is 3. The molecule has 0 saturated carbocycles. The Hall–Kier alpha value is -7.51. The van der Waals surface area contributed by atoms with Gasteiger partial charge in [0.15, 0.2) is 0 Å². The van der Waals surface area contributed by atoms with Crippen LogP contribution in [0.2, 0.25) is 0 Å². The fourth-order valence-corrected chi connectivity index (χ4v) is 8.17. The van der Waals surface area contributed by atoms with Gasteiger partial charge in [-0.15, -0.1) is 0 Å². The maximum absolute atomic E-state index is 9.59. The molecule has 10 rings (SSSR count). The lowest BCUT2D eigenvalue weighted by Crippen LogP contribution is -1.91. The van der Waals surface area contributed by atoms with Gasteiger partial charge in [-0.05, 0) is 165 Å². The SMILES string of the molecule is N#Cc1ccc(-c2ccc3c(c2)c(-c2ccc(C#N)cc2)cc2c4cc5c(cc4c(-c4ccc(C#N)cc4)cc32)-c2cccc3cccc-5c23)cc1. The molecular weight excluding hydrogens is 631 g/mol. The summed E-state index contributed by atoms with van der Waals surface area (Å²) in [6.45, 7) is 0. The van der Waals surface area contributed by atoms with Crippen molar-refractivity contribution in [2.45, 2.75) is 0 Å². The van der Waals surface area contributed by atoms with Gasteiger partial charge in [-0.2, -0.15) is 15.8 Å². The van der Waals surface area contributed by atoms with Crippen LogP contribution in [0.5, 0.6) is 0 Å². The summed E-state index contributed by atoms with van der Waals surface area (Å²) < 4.78 is 0. The van der Waals surface area contributed by atoms with E-state index in [1.807, 2.05) is 60.7 Å². The van der Waals surface area contributed by atoms with Gasteiger partial charge in [-0.1, -0.05) is 84.9 Å². The second kappa shape index (κ2) is 11.3. The van der Waals surface area contributed by atoms with Gasteiger partial charge in [0.2, 0.25) is 0 Å². The van der Waals surface area contributed by atoms with E-state index >= 15 is 0 Å². The first-order valence-corrected chi connectivity index (χ1v) is 17.2. The number of benzene rings is 9. The van der Waals surface area contributed by atoms with Crippen LogP contribution in [0.4, 0.5) is 0 Å². The van der Waals surface area contributed by atoms with Gasteiger partial charge in [0.25, 0.3) is 0 Å².